The van der Waals surface area contributed by atoms with E-state index in [1.807, 2.05) is 0 Å². The predicted molar refractivity (Wildman–Crippen MR) is 110 cm³/mol. The Bertz CT molecular complexity index is 1200. The second-order valence-electron chi connectivity index (χ2n) is 6.66. The van der Waals surface area contributed by atoms with Crippen LogP contribution in [-0.4, -0.2) is 35.8 Å². The van der Waals surface area contributed by atoms with Crippen molar-refractivity contribution in [3.8, 4) is 0 Å². The van der Waals surface area contributed by atoms with E-state index in [-0.39, 0.29) is 5.69 Å². The molecule has 1 aromatic heterocycles. The zero-order chi connectivity index (χ0) is 20.6. The van der Waals surface area contributed by atoms with Gasteiger partial charge in [0.05, 0.1) is 23.0 Å². The van der Waals surface area contributed by atoms with Crippen LogP contribution >= 0.6 is 0 Å². The van der Waals surface area contributed by atoms with Crippen molar-refractivity contribution in [1.29, 1.82) is 0 Å². The molecular weight excluding hydrogens is 380 g/mol. The Kier molecular flexibility index (Phi) is 5.03. The van der Waals surface area contributed by atoms with Crippen molar-refractivity contribution in [2.75, 3.05) is 15.9 Å². The molecule has 0 aliphatic rings. The molecule has 3 aromatic rings. The number of imidazole rings is 1. The van der Waals surface area contributed by atoms with Gasteiger partial charge < -0.3 is 5.32 Å². The van der Waals surface area contributed by atoms with E-state index in [1.165, 1.54) is 16.1 Å². The zero-order valence-corrected chi connectivity index (χ0v) is 16.9. The van der Waals surface area contributed by atoms with Gasteiger partial charge in [-0.25, -0.2) is 13.2 Å². The second kappa shape index (κ2) is 7.16. The first-order chi connectivity index (χ1) is 13.1. The molecule has 0 unspecified atom stereocenters. The average Bonchev–Trinajstić information content (AvgIpc) is 2.85. The second-order valence-corrected chi connectivity index (χ2v) is 8.52. The number of rotatable bonds is 5. The Hall–Kier alpha value is -3.07. The van der Waals surface area contributed by atoms with E-state index in [4.69, 9.17) is 0 Å². The maximum atomic E-state index is 12.8. The molecule has 1 atom stereocenters. The van der Waals surface area contributed by atoms with Gasteiger partial charge in [-0.1, -0.05) is 18.2 Å². The van der Waals surface area contributed by atoms with Gasteiger partial charge in [0.25, 0.3) is 0 Å². The molecule has 9 heteroatoms. The summed E-state index contributed by atoms with van der Waals surface area (Å²) in [7, 11) is -0.347. The van der Waals surface area contributed by atoms with Crippen molar-refractivity contribution in [2.45, 2.75) is 13.0 Å². The van der Waals surface area contributed by atoms with E-state index in [0.717, 1.165) is 16.1 Å². The van der Waals surface area contributed by atoms with Gasteiger partial charge in [0.1, 0.15) is 6.04 Å². The number of hydrogen-bond donors (Lipinski definition) is 1. The van der Waals surface area contributed by atoms with Gasteiger partial charge >= 0.3 is 5.69 Å². The minimum absolute atomic E-state index is 0.167. The quantitative estimate of drug-likeness (QED) is 0.703. The summed E-state index contributed by atoms with van der Waals surface area (Å²) in [6.07, 6.45) is 1.07. The van der Waals surface area contributed by atoms with E-state index in [1.54, 1.807) is 62.6 Å². The summed E-state index contributed by atoms with van der Waals surface area (Å²) in [6.45, 7) is 1.53. The molecule has 0 spiro atoms. The van der Waals surface area contributed by atoms with Crippen molar-refractivity contribution in [1.82, 2.24) is 9.13 Å². The van der Waals surface area contributed by atoms with Crippen LogP contribution in [0.4, 0.5) is 11.4 Å². The topological polar surface area (TPSA) is 93.4 Å². The van der Waals surface area contributed by atoms with Gasteiger partial charge in [0.2, 0.25) is 15.9 Å². The lowest BCUT2D eigenvalue weighted by Gasteiger charge is -2.28. The van der Waals surface area contributed by atoms with Gasteiger partial charge in [-0.2, -0.15) is 0 Å². The van der Waals surface area contributed by atoms with E-state index in [0.29, 0.717) is 16.9 Å². The number of benzene rings is 2. The fraction of sp³-hybridized carbons (Fsp3) is 0.263. The molecule has 28 heavy (non-hydrogen) atoms. The Morgan fingerprint density at radius 1 is 1.04 bits per heavy atom. The first-order valence-electron chi connectivity index (χ1n) is 8.62. The number of para-hydroxylation sites is 1. The van der Waals surface area contributed by atoms with E-state index < -0.39 is 22.0 Å². The highest BCUT2D eigenvalue weighted by Gasteiger charge is 2.29. The van der Waals surface area contributed by atoms with E-state index >= 15 is 0 Å². The summed E-state index contributed by atoms with van der Waals surface area (Å²) < 4.78 is 28.7. The SMILES string of the molecule is C[C@@H](C(=O)Nc1ccc2c(c1)n(C)c(=O)n2C)N(c1ccccc1)S(C)(=O)=O. The maximum Gasteiger partial charge on any atom is 0.328 e. The molecule has 1 heterocycles. The molecule has 0 saturated heterocycles. The molecule has 0 aliphatic heterocycles. The Morgan fingerprint density at radius 3 is 2.25 bits per heavy atom. The smallest absolute Gasteiger partial charge is 0.324 e. The third-order valence-corrected chi connectivity index (χ3v) is 5.88. The van der Waals surface area contributed by atoms with Gasteiger partial charge in [-0.3, -0.25) is 18.2 Å². The van der Waals surface area contributed by atoms with Crippen molar-refractivity contribution < 1.29 is 13.2 Å². The summed E-state index contributed by atoms with van der Waals surface area (Å²) in [4.78, 5) is 24.8. The normalized spacial score (nSPS) is 12.7. The Balaban J connectivity index is 1.92. The minimum atomic E-state index is -3.67. The van der Waals surface area contributed by atoms with Crippen LogP contribution in [0.15, 0.2) is 53.3 Å². The highest BCUT2D eigenvalue weighted by molar-refractivity contribution is 7.92. The molecule has 0 saturated carbocycles. The van der Waals surface area contributed by atoms with E-state index in [2.05, 4.69) is 5.32 Å². The highest BCUT2D eigenvalue weighted by Crippen LogP contribution is 2.22. The molecule has 148 valence electrons. The Morgan fingerprint density at radius 2 is 1.64 bits per heavy atom. The summed E-state index contributed by atoms with van der Waals surface area (Å²) in [5.74, 6) is -0.477. The number of nitrogens with zero attached hydrogens (tertiary/aromatic N) is 3. The van der Waals surface area contributed by atoms with Crippen molar-refractivity contribution in [3.63, 3.8) is 0 Å². The lowest BCUT2D eigenvalue weighted by Crippen LogP contribution is -2.45. The molecule has 0 fully saturated rings. The number of carbonyl (C=O) groups is 1. The number of amides is 1. The predicted octanol–water partition coefficient (Wildman–Crippen LogP) is 1.67. The third-order valence-electron chi connectivity index (χ3n) is 4.64. The van der Waals surface area contributed by atoms with E-state index in [9.17, 15) is 18.0 Å². The molecule has 0 radical (unpaired) electrons. The summed E-state index contributed by atoms with van der Waals surface area (Å²) in [6, 6.07) is 12.6. The average molecular weight is 402 g/mol. The van der Waals surface area contributed by atoms with Gasteiger partial charge in [-0.15, -0.1) is 0 Å². The number of nitrogens with one attached hydrogen (secondary N) is 1. The third kappa shape index (κ3) is 3.53. The van der Waals surface area contributed by atoms with Gasteiger partial charge in [-0.05, 0) is 37.3 Å². The monoisotopic (exact) mass is 402 g/mol. The fourth-order valence-electron chi connectivity index (χ4n) is 3.21. The number of aromatic nitrogens is 2. The zero-order valence-electron chi connectivity index (χ0n) is 16.1. The van der Waals surface area contributed by atoms with Crippen LogP contribution < -0.4 is 15.3 Å². The summed E-state index contributed by atoms with van der Waals surface area (Å²) >= 11 is 0. The van der Waals surface area contributed by atoms with Gasteiger partial charge in [0.15, 0.2) is 0 Å². The number of hydrogen-bond acceptors (Lipinski definition) is 4. The van der Waals surface area contributed by atoms with Crippen LogP contribution in [0, 0.1) is 0 Å². The van der Waals surface area contributed by atoms with Crippen LogP contribution in [0.2, 0.25) is 0 Å². The molecule has 0 aliphatic carbocycles. The molecule has 8 nitrogen and oxygen atoms in total. The number of fused-ring (bicyclic) bond motifs is 1. The first kappa shape index (κ1) is 19.7. The fourth-order valence-corrected chi connectivity index (χ4v) is 4.39. The van der Waals surface area contributed by atoms with Crippen LogP contribution in [0.3, 0.4) is 0 Å². The molecular formula is C19H22N4O4S. The molecule has 1 N–H and O–H groups in total. The first-order valence-corrected chi connectivity index (χ1v) is 10.5. The van der Waals surface area contributed by atoms with Crippen LogP contribution in [0.1, 0.15) is 6.92 Å². The molecule has 3 rings (SSSR count). The summed E-state index contributed by atoms with van der Waals surface area (Å²) in [5, 5.41) is 2.74. The minimum Gasteiger partial charge on any atom is -0.324 e. The Labute approximate surface area is 163 Å². The summed E-state index contributed by atoms with van der Waals surface area (Å²) in [5.41, 5.74) is 2.13. The molecule has 1 amide bonds. The van der Waals surface area contributed by atoms with Crippen LogP contribution in [-0.2, 0) is 28.9 Å². The van der Waals surface area contributed by atoms with Crippen molar-refractivity contribution >= 4 is 38.3 Å². The lowest BCUT2D eigenvalue weighted by atomic mass is 10.2. The molecule has 2 aromatic carbocycles. The van der Waals surface area contributed by atoms with Crippen LogP contribution in [0.5, 0.6) is 0 Å². The lowest BCUT2D eigenvalue weighted by molar-refractivity contribution is -0.116. The van der Waals surface area contributed by atoms with Crippen molar-refractivity contribution in [2.24, 2.45) is 14.1 Å². The highest BCUT2D eigenvalue weighted by atomic mass is 32.2. The number of carbonyl (C=O) groups excluding carboxylic acids is 1. The largest absolute Gasteiger partial charge is 0.328 e. The number of sulfonamides is 1. The number of aryl methyl sites for hydroxylation is 2. The van der Waals surface area contributed by atoms with Crippen LogP contribution in [0.25, 0.3) is 11.0 Å². The van der Waals surface area contributed by atoms with Crippen molar-refractivity contribution in [3.05, 3.63) is 59.0 Å². The molecule has 0 bridgehead atoms. The maximum absolute atomic E-state index is 12.8. The number of anilines is 2. The standard InChI is InChI=1S/C19H22N4O4S/c1-13(23(28(4,26)27)15-8-6-5-7-9-15)18(24)20-14-10-11-16-17(12-14)22(3)19(25)21(16)2/h5-13H,1-4H3,(H,20,24)/t13-/m0/s1. The van der Waals surface area contributed by atoms with Gasteiger partial charge in [0, 0.05) is 19.8 Å².